The molecule has 0 aliphatic heterocycles. The molecule has 31 heavy (non-hydrogen) atoms. The fourth-order valence-corrected chi connectivity index (χ4v) is 4.14. The van der Waals surface area contributed by atoms with E-state index < -0.39 is 6.04 Å². The lowest BCUT2D eigenvalue weighted by Gasteiger charge is -2.31. The predicted molar refractivity (Wildman–Crippen MR) is 126 cm³/mol. The minimum absolute atomic E-state index is 0.126. The molecule has 7 heteroatoms. The predicted octanol–water partition coefficient (Wildman–Crippen LogP) is 5.29. The molecule has 0 fully saturated rings. The van der Waals surface area contributed by atoms with Gasteiger partial charge in [-0.05, 0) is 41.7 Å². The summed E-state index contributed by atoms with van der Waals surface area (Å²) in [5.74, 6) is 0.561. The van der Waals surface area contributed by atoms with E-state index in [9.17, 15) is 14.0 Å². The molecule has 2 aromatic rings. The third-order valence-corrected chi connectivity index (χ3v) is 6.13. The van der Waals surface area contributed by atoms with Gasteiger partial charge in [0.1, 0.15) is 11.9 Å². The van der Waals surface area contributed by atoms with E-state index in [0.717, 1.165) is 11.1 Å². The first kappa shape index (κ1) is 25.2. The Kier molecular flexibility index (Phi) is 10.3. The highest BCUT2D eigenvalue weighted by atomic mass is 35.5. The number of rotatable bonds is 11. The molecule has 0 spiro atoms. The monoisotopic (exact) mass is 464 g/mol. The van der Waals surface area contributed by atoms with Crippen LogP contribution in [-0.4, -0.2) is 35.1 Å². The Labute approximate surface area is 193 Å². The quantitative estimate of drug-likeness (QED) is 0.491. The van der Waals surface area contributed by atoms with Crippen LogP contribution < -0.4 is 5.32 Å². The number of halogens is 2. The summed E-state index contributed by atoms with van der Waals surface area (Å²) in [6.45, 7) is 6.78. The molecule has 1 unspecified atom stereocenters. The third-order valence-electron chi connectivity index (χ3n) is 4.78. The van der Waals surface area contributed by atoms with E-state index in [-0.39, 0.29) is 29.9 Å². The average Bonchev–Trinajstić information content (AvgIpc) is 2.74. The van der Waals surface area contributed by atoms with Crippen LogP contribution in [0.15, 0.2) is 48.5 Å². The lowest BCUT2D eigenvalue weighted by molar-refractivity contribution is -0.139. The SMILES string of the molecule is CCC(C(=O)NCC(C)C)N(Cc1ccccc1Cl)C(=O)CSCc1ccc(F)cc1. The maximum Gasteiger partial charge on any atom is 0.242 e. The zero-order valence-electron chi connectivity index (χ0n) is 18.2. The Morgan fingerprint density at radius 1 is 1.13 bits per heavy atom. The smallest absolute Gasteiger partial charge is 0.242 e. The molecule has 1 N–H and O–H groups in total. The van der Waals surface area contributed by atoms with Crippen molar-refractivity contribution < 1.29 is 14.0 Å². The van der Waals surface area contributed by atoms with Crippen LogP contribution in [0.5, 0.6) is 0 Å². The van der Waals surface area contributed by atoms with E-state index in [4.69, 9.17) is 11.6 Å². The van der Waals surface area contributed by atoms with Crippen molar-refractivity contribution in [3.8, 4) is 0 Å². The van der Waals surface area contributed by atoms with Gasteiger partial charge in [0.05, 0.1) is 5.75 Å². The summed E-state index contributed by atoms with van der Waals surface area (Å²) in [5.41, 5.74) is 1.75. The number of amides is 2. The summed E-state index contributed by atoms with van der Waals surface area (Å²) in [5, 5.41) is 3.51. The first-order valence-corrected chi connectivity index (χ1v) is 12.0. The fourth-order valence-electron chi connectivity index (χ4n) is 3.07. The van der Waals surface area contributed by atoms with Crippen LogP contribution in [-0.2, 0) is 21.9 Å². The molecule has 168 valence electrons. The molecule has 0 aliphatic rings. The number of nitrogens with one attached hydrogen (secondary N) is 1. The normalized spacial score (nSPS) is 11.9. The molecular formula is C24H30ClFN2O2S. The molecule has 0 saturated carbocycles. The number of hydrogen-bond donors (Lipinski definition) is 1. The van der Waals surface area contributed by atoms with Crippen molar-refractivity contribution in [2.24, 2.45) is 5.92 Å². The van der Waals surface area contributed by atoms with Gasteiger partial charge in [0, 0.05) is 23.9 Å². The Balaban J connectivity index is 2.12. The summed E-state index contributed by atoms with van der Waals surface area (Å²) in [4.78, 5) is 27.6. The first-order valence-electron chi connectivity index (χ1n) is 10.4. The van der Waals surface area contributed by atoms with Gasteiger partial charge in [0.25, 0.3) is 0 Å². The van der Waals surface area contributed by atoms with Crippen LogP contribution in [0.3, 0.4) is 0 Å². The highest BCUT2D eigenvalue weighted by Crippen LogP contribution is 2.21. The Morgan fingerprint density at radius 2 is 1.81 bits per heavy atom. The lowest BCUT2D eigenvalue weighted by atomic mass is 10.1. The molecule has 4 nitrogen and oxygen atoms in total. The fraction of sp³-hybridized carbons (Fsp3) is 0.417. The highest BCUT2D eigenvalue weighted by Gasteiger charge is 2.29. The van der Waals surface area contributed by atoms with Gasteiger partial charge in [-0.25, -0.2) is 4.39 Å². The van der Waals surface area contributed by atoms with Crippen LogP contribution in [0, 0.1) is 11.7 Å². The number of carbonyl (C=O) groups excluding carboxylic acids is 2. The molecule has 0 aliphatic carbocycles. The molecule has 0 aromatic heterocycles. The summed E-state index contributed by atoms with van der Waals surface area (Å²) >= 11 is 7.77. The molecule has 1 atom stereocenters. The van der Waals surface area contributed by atoms with Gasteiger partial charge in [-0.3, -0.25) is 9.59 Å². The van der Waals surface area contributed by atoms with Crippen LogP contribution in [0.4, 0.5) is 4.39 Å². The maximum absolute atomic E-state index is 13.2. The second-order valence-corrected chi connectivity index (χ2v) is 9.19. The maximum atomic E-state index is 13.2. The van der Waals surface area contributed by atoms with Gasteiger partial charge in [0.2, 0.25) is 11.8 Å². The zero-order valence-corrected chi connectivity index (χ0v) is 19.8. The lowest BCUT2D eigenvalue weighted by Crippen LogP contribution is -2.50. The van der Waals surface area contributed by atoms with E-state index in [0.29, 0.717) is 29.7 Å². The first-order chi connectivity index (χ1) is 14.8. The van der Waals surface area contributed by atoms with Crippen LogP contribution in [0.1, 0.15) is 38.3 Å². The molecule has 2 rings (SSSR count). The van der Waals surface area contributed by atoms with Gasteiger partial charge in [-0.15, -0.1) is 11.8 Å². The molecule has 0 saturated heterocycles. The van der Waals surface area contributed by atoms with Crippen molar-refractivity contribution in [3.05, 3.63) is 70.5 Å². The minimum Gasteiger partial charge on any atom is -0.354 e. The Hall–Kier alpha value is -2.05. The minimum atomic E-state index is -0.575. The molecule has 0 radical (unpaired) electrons. The molecule has 0 heterocycles. The van der Waals surface area contributed by atoms with Gasteiger partial charge < -0.3 is 10.2 Å². The van der Waals surface area contributed by atoms with E-state index in [2.05, 4.69) is 5.32 Å². The van der Waals surface area contributed by atoms with Crippen molar-refractivity contribution in [1.29, 1.82) is 0 Å². The molecule has 2 aromatic carbocycles. The van der Waals surface area contributed by atoms with Crippen molar-refractivity contribution in [3.63, 3.8) is 0 Å². The van der Waals surface area contributed by atoms with Gasteiger partial charge in [0.15, 0.2) is 0 Å². The molecular weight excluding hydrogens is 435 g/mol. The van der Waals surface area contributed by atoms with Gasteiger partial charge in [-0.2, -0.15) is 0 Å². The summed E-state index contributed by atoms with van der Waals surface area (Å²) in [6, 6.07) is 13.0. The second kappa shape index (κ2) is 12.7. The number of hydrogen-bond acceptors (Lipinski definition) is 3. The average molecular weight is 465 g/mol. The summed E-state index contributed by atoms with van der Waals surface area (Å²) < 4.78 is 13.1. The van der Waals surface area contributed by atoms with Crippen molar-refractivity contribution in [2.45, 2.75) is 45.5 Å². The van der Waals surface area contributed by atoms with Crippen molar-refractivity contribution in [2.75, 3.05) is 12.3 Å². The number of benzene rings is 2. The third kappa shape index (κ3) is 8.19. The molecule has 2 amide bonds. The van der Waals surface area contributed by atoms with Crippen LogP contribution >= 0.6 is 23.4 Å². The summed E-state index contributed by atoms with van der Waals surface area (Å²) in [6.07, 6.45) is 0.503. The van der Waals surface area contributed by atoms with E-state index in [1.54, 1.807) is 23.1 Å². The van der Waals surface area contributed by atoms with Crippen LogP contribution in [0.2, 0.25) is 5.02 Å². The highest BCUT2D eigenvalue weighted by molar-refractivity contribution is 7.99. The summed E-state index contributed by atoms with van der Waals surface area (Å²) in [7, 11) is 0. The second-order valence-electron chi connectivity index (χ2n) is 7.80. The molecule has 0 bridgehead atoms. The van der Waals surface area contributed by atoms with E-state index in [1.165, 1.54) is 23.9 Å². The number of carbonyl (C=O) groups is 2. The standard InChI is InChI=1S/C24H30ClFN2O2S/c1-4-22(24(30)27-13-17(2)3)28(14-19-7-5-6-8-21(19)25)23(29)16-31-15-18-9-11-20(26)12-10-18/h5-12,17,22H,4,13-16H2,1-3H3,(H,27,30). The zero-order chi connectivity index (χ0) is 22.8. The topological polar surface area (TPSA) is 49.4 Å². The van der Waals surface area contributed by atoms with Crippen LogP contribution in [0.25, 0.3) is 0 Å². The number of thioether (sulfide) groups is 1. The Morgan fingerprint density at radius 3 is 2.42 bits per heavy atom. The Bertz CT molecular complexity index is 861. The van der Waals surface area contributed by atoms with Gasteiger partial charge >= 0.3 is 0 Å². The van der Waals surface area contributed by atoms with Crippen molar-refractivity contribution in [1.82, 2.24) is 10.2 Å². The number of nitrogens with zero attached hydrogens (tertiary/aromatic N) is 1. The largest absolute Gasteiger partial charge is 0.354 e. The van der Waals surface area contributed by atoms with Gasteiger partial charge in [-0.1, -0.05) is 62.7 Å². The van der Waals surface area contributed by atoms with Crippen molar-refractivity contribution >= 4 is 35.2 Å². The van der Waals surface area contributed by atoms with E-state index in [1.807, 2.05) is 39.0 Å². The van der Waals surface area contributed by atoms with E-state index >= 15 is 0 Å².